The average molecular weight is 262 g/mol. The molecule has 0 atom stereocenters. The molecule has 94 valence electrons. The number of nitrogens with zero attached hydrogens (tertiary/aromatic N) is 2. The number of nitrogens with two attached hydrogens (primary N) is 1. The third-order valence-electron chi connectivity index (χ3n) is 2.50. The second-order valence-corrected chi connectivity index (χ2v) is 4.95. The molecule has 2 rings (SSSR count). The lowest BCUT2D eigenvalue weighted by molar-refractivity contribution is 0.102. The monoisotopic (exact) mass is 262 g/mol. The highest BCUT2D eigenvalue weighted by Crippen LogP contribution is 2.18. The Morgan fingerprint density at radius 2 is 2.22 bits per heavy atom. The van der Waals surface area contributed by atoms with Crippen molar-refractivity contribution in [3.63, 3.8) is 0 Å². The summed E-state index contributed by atoms with van der Waals surface area (Å²) < 4.78 is 0. The van der Waals surface area contributed by atoms with Gasteiger partial charge in [0.1, 0.15) is 5.01 Å². The second-order valence-electron chi connectivity index (χ2n) is 3.88. The number of anilines is 2. The maximum Gasteiger partial charge on any atom is 0.257 e. The maximum atomic E-state index is 12.1. The van der Waals surface area contributed by atoms with Gasteiger partial charge in [0.25, 0.3) is 5.91 Å². The Morgan fingerprint density at radius 1 is 1.44 bits per heavy atom. The number of hydrogen-bond donors (Lipinski definition) is 2. The number of rotatable bonds is 3. The number of aromatic nitrogens is 2. The highest BCUT2D eigenvalue weighted by molar-refractivity contribution is 7.15. The zero-order valence-electron chi connectivity index (χ0n) is 10.2. The van der Waals surface area contributed by atoms with Crippen LogP contribution in [0.3, 0.4) is 0 Å². The molecule has 6 heteroatoms. The molecule has 5 nitrogen and oxygen atoms in total. The predicted molar refractivity (Wildman–Crippen MR) is 72.8 cm³/mol. The van der Waals surface area contributed by atoms with Crippen molar-refractivity contribution in [2.24, 2.45) is 0 Å². The zero-order chi connectivity index (χ0) is 13.1. The van der Waals surface area contributed by atoms with E-state index < -0.39 is 0 Å². The van der Waals surface area contributed by atoms with Gasteiger partial charge in [0.15, 0.2) is 0 Å². The van der Waals surface area contributed by atoms with Crippen LogP contribution in [0.5, 0.6) is 0 Å². The Morgan fingerprint density at radius 3 is 2.89 bits per heavy atom. The van der Waals surface area contributed by atoms with Crippen LogP contribution in [0.4, 0.5) is 10.8 Å². The van der Waals surface area contributed by atoms with Crippen LogP contribution in [0, 0.1) is 6.92 Å². The van der Waals surface area contributed by atoms with Crippen LogP contribution in [0.1, 0.15) is 27.9 Å². The first kappa shape index (κ1) is 12.5. The summed E-state index contributed by atoms with van der Waals surface area (Å²) in [5.41, 5.74) is 7.68. The first-order valence-corrected chi connectivity index (χ1v) is 6.41. The van der Waals surface area contributed by atoms with E-state index in [-0.39, 0.29) is 5.91 Å². The summed E-state index contributed by atoms with van der Waals surface area (Å²) in [6, 6.07) is 5.25. The third-order valence-corrected chi connectivity index (χ3v) is 3.48. The fourth-order valence-electron chi connectivity index (χ4n) is 1.50. The molecule has 0 unspecified atom stereocenters. The van der Waals surface area contributed by atoms with Gasteiger partial charge in [-0.2, -0.15) is 0 Å². The van der Waals surface area contributed by atoms with Gasteiger partial charge in [-0.15, -0.1) is 10.2 Å². The number of amides is 1. The normalized spacial score (nSPS) is 10.3. The van der Waals surface area contributed by atoms with Gasteiger partial charge in [0, 0.05) is 11.3 Å². The van der Waals surface area contributed by atoms with Gasteiger partial charge in [-0.1, -0.05) is 24.3 Å². The Hall–Kier alpha value is -1.95. The van der Waals surface area contributed by atoms with Crippen molar-refractivity contribution >= 4 is 28.1 Å². The predicted octanol–water partition coefficient (Wildman–Crippen LogP) is 2.24. The van der Waals surface area contributed by atoms with E-state index in [9.17, 15) is 4.79 Å². The molecule has 18 heavy (non-hydrogen) atoms. The molecule has 0 aliphatic heterocycles. The summed E-state index contributed by atoms with van der Waals surface area (Å²) in [6.45, 7) is 3.86. The molecule has 1 aromatic heterocycles. The van der Waals surface area contributed by atoms with E-state index in [2.05, 4.69) is 15.5 Å². The van der Waals surface area contributed by atoms with E-state index >= 15 is 0 Å². The van der Waals surface area contributed by atoms with E-state index in [1.54, 1.807) is 12.1 Å². The second kappa shape index (κ2) is 5.14. The fraction of sp³-hybridized carbons (Fsp3) is 0.250. The Bertz CT molecular complexity index is 579. The van der Waals surface area contributed by atoms with Crippen molar-refractivity contribution in [3.05, 3.63) is 34.3 Å². The van der Waals surface area contributed by atoms with E-state index in [1.807, 2.05) is 19.9 Å². The summed E-state index contributed by atoms with van der Waals surface area (Å²) in [6.07, 6.45) is 0.810. The molecule has 0 aliphatic carbocycles. The van der Waals surface area contributed by atoms with Crippen LogP contribution in [0.25, 0.3) is 0 Å². The number of benzene rings is 1. The van der Waals surface area contributed by atoms with Gasteiger partial charge in [0.05, 0.1) is 0 Å². The molecule has 0 spiro atoms. The average Bonchev–Trinajstić information content (AvgIpc) is 2.80. The van der Waals surface area contributed by atoms with Crippen LogP contribution in [-0.2, 0) is 6.42 Å². The van der Waals surface area contributed by atoms with Crippen molar-refractivity contribution < 1.29 is 4.79 Å². The minimum Gasteiger partial charge on any atom is -0.399 e. The van der Waals surface area contributed by atoms with Crippen LogP contribution in [0.2, 0.25) is 0 Å². The standard InChI is InChI=1S/C12H14N4OS/c1-3-10-15-16-12(18-10)14-11(17)9-6-8(13)5-4-7(9)2/h4-6H,3,13H2,1-2H3,(H,14,16,17). The summed E-state index contributed by atoms with van der Waals surface area (Å²) in [4.78, 5) is 12.1. The van der Waals surface area contributed by atoms with Gasteiger partial charge < -0.3 is 5.73 Å². The molecule has 1 aromatic carbocycles. The molecule has 1 heterocycles. The molecule has 0 radical (unpaired) electrons. The lowest BCUT2D eigenvalue weighted by Gasteiger charge is -2.05. The van der Waals surface area contributed by atoms with Gasteiger partial charge in [-0.05, 0) is 31.0 Å². The van der Waals surface area contributed by atoms with Crippen molar-refractivity contribution in [2.45, 2.75) is 20.3 Å². The number of aryl methyl sites for hydroxylation is 2. The third kappa shape index (κ3) is 2.65. The molecule has 0 fully saturated rings. The van der Waals surface area contributed by atoms with E-state index in [0.717, 1.165) is 17.0 Å². The zero-order valence-corrected chi connectivity index (χ0v) is 11.0. The number of carbonyl (C=O) groups excluding carboxylic acids is 1. The summed E-state index contributed by atoms with van der Waals surface area (Å²) in [5.74, 6) is -0.210. The highest BCUT2D eigenvalue weighted by atomic mass is 32.1. The summed E-state index contributed by atoms with van der Waals surface area (Å²) in [5, 5.41) is 12.0. The van der Waals surface area contributed by atoms with E-state index in [1.165, 1.54) is 11.3 Å². The molecular formula is C12H14N4OS. The number of carbonyl (C=O) groups is 1. The summed E-state index contributed by atoms with van der Waals surface area (Å²) >= 11 is 1.38. The van der Waals surface area contributed by atoms with Crippen LogP contribution in [-0.4, -0.2) is 16.1 Å². The van der Waals surface area contributed by atoms with Crippen LogP contribution < -0.4 is 11.1 Å². The maximum absolute atomic E-state index is 12.1. The molecule has 0 aliphatic rings. The minimum absolute atomic E-state index is 0.210. The number of nitrogens with one attached hydrogen (secondary N) is 1. The number of nitrogen functional groups attached to an aromatic ring is 1. The Kier molecular flexibility index (Phi) is 3.57. The van der Waals surface area contributed by atoms with Crippen molar-refractivity contribution in [2.75, 3.05) is 11.1 Å². The quantitative estimate of drug-likeness (QED) is 0.831. The van der Waals surface area contributed by atoms with Crippen LogP contribution in [0.15, 0.2) is 18.2 Å². The first-order chi connectivity index (χ1) is 8.60. The molecule has 1 amide bonds. The van der Waals surface area contributed by atoms with Crippen molar-refractivity contribution in [1.82, 2.24) is 10.2 Å². The SMILES string of the molecule is CCc1nnc(NC(=O)c2cc(N)ccc2C)s1. The molecule has 2 aromatic rings. The van der Waals surface area contributed by atoms with Gasteiger partial charge in [-0.3, -0.25) is 10.1 Å². The largest absolute Gasteiger partial charge is 0.399 e. The van der Waals surface area contributed by atoms with E-state index in [0.29, 0.717) is 16.4 Å². The molecule has 0 saturated heterocycles. The van der Waals surface area contributed by atoms with Crippen molar-refractivity contribution in [1.29, 1.82) is 0 Å². The van der Waals surface area contributed by atoms with Gasteiger partial charge in [0.2, 0.25) is 5.13 Å². The Balaban J connectivity index is 2.19. The fourth-order valence-corrected chi connectivity index (χ4v) is 2.17. The molecule has 0 saturated carbocycles. The first-order valence-electron chi connectivity index (χ1n) is 5.60. The van der Waals surface area contributed by atoms with Gasteiger partial charge >= 0.3 is 0 Å². The van der Waals surface area contributed by atoms with Gasteiger partial charge in [-0.25, -0.2) is 0 Å². The van der Waals surface area contributed by atoms with E-state index in [4.69, 9.17) is 5.73 Å². The minimum atomic E-state index is -0.210. The number of hydrogen-bond acceptors (Lipinski definition) is 5. The molecule has 0 bridgehead atoms. The lowest BCUT2D eigenvalue weighted by Crippen LogP contribution is -2.13. The van der Waals surface area contributed by atoms with Crippen molar-refractivity contribution in [3.8, 4) is 0 Å². The topological polar surface area (TPSA) is 80.9 Å². The molecule has 3 N–H and O–H groups in total. The lowest BCUT2D eigenvalue weighted by atomic mass is 10.1. The smallest absolute Gasteiger partial charge is 0.257 e. The molecular weight excluding hydrogens is 248 g/mol. The van der Waals surface area contributed by atoms with Crippen LogP contribution >= 0.6 is 11.3 Å². The summed E-state index contributed by atoms with van der Waals surface area (Å²) in [7, 11) is 0. The highest BCUT2D eigenvalue weighted by Gasteiger charge is 2.12. The Labute approximate surface area is 109 Å².